The van der Waals surface area contributed by atoms with E-state index in [-0.39, 0.29) is 29.2 Å². The quantitative estimate of drug-likeness (QED) is 0.261. The van der Waals surface area contributed by atoms with Crippen LogP contribution in [-0.4, -0.2) is 81.4 Å². The molecule has 4 aliphatic rings. The lowest BCUT2D eigenvalue weighted by Crippen LogP contribution is -2.58. The molecule has 0 radical (unpaired) electrons. The van der Waals surface area contributed by atoms with E-state index in [9.17, 15) is 9.59 Å². The molecule has 2 N–H and O–H groups in total. The second-order valence-electron chi connectivity index (χ2n) is 16.5. The second-order valence-corrected chi connectivity index (χ2v) is 16.5. The highest BCUT2D eigenvalue weighted by Crippen LogP contribution is 2.47. The van der Waals surface area contributed by atoms with E-state index in [1.54, 1.807) is 0 Å². The van der Waals surface area contributed by atoms with Crippen LogP contribution in [0.2, 0.25) is 0 Å². The third-order valence-electron chi connectivity index (χ3n) is 13.0. The van der Waals surface area contributed by atoms with Crippen LogP contribution in [0.3, 0.4) is 0 Å². The van der Waals surface area contributed by atoms with Gasteiger partial charge >= 0.3 is 0 Å². The molecule has 0 spiro atoms. The molecule has 3 aliphatic heterocycles. The first-order valence-corrected chi connectivity index (χ1v) is 20.7. The molecule has 6 rings (SSSR count). The minimum Gasteiger partial charge on any atom is -0.381 e. The lowest BCUT2D eigenvalue weighted by Gasteiger charge is -2.49. The number of carbonyl (C=O) groups is 2. The summed E-state index contributed by atoms with van der Waals surface area (Å²) in [5.74, 6) is 0.240. The second kappa shape index (κ2) is 18.4. The number of ether oxygens (including phenoxy) is 2. The van der Waals surface area contributed by atoms with Gasteiger partial charge in [0.2, 0.25) is 5.91 Å². The number of rotatable bonds is 10. The van der Waals surface area contributed by atoms with E-state index >= 15 is 0 Å². The smallest absolute Gasteiger partial charge is 0.251 e. The number of hydrogen-bond donors (Lipinski definition) is 2. The lowest BCUT2D eigenvalue weighted by molar-refractivity contribution is -0.136. The molecule has 1 saturated carbocycles. The Bertz CT molecular complexity index is 1460. The minimum atomic E-state index is -0.253. The fourth-order valence-corrected chi connectivity index (χ4v) is 9.87. The number of carbonyl (C=O) groups excluding carboxylic acids is 2. The topological polar surface area (TPSA) is 83.1 Å². The lowest BCUT2D eigenvalue weighted by atomic mass is 9.59. The molecule has 3 atom stereocenters. The fraction of sp³-hybridized carbons (Fsp3) is 0.682. The van der Waals surface area contributed by atoms with Gasteiger partial charge in [-0.3, -0.25) is 14.5 Å². The number of nitrogens with zero attached hydrogens (tertiary/aromatic N) is 2. The molecule has 2 aromatic carbocycles. The van der Waals surface area contributed by atoms with E-state index in [1.165, 1.54) is 63.4 Å². The number of nitrogens with one attached hydrogen (secondary N) is 2. The highest BCUT2D eigenvalue weighted by Gasteiger charge is 2.48. The molecule has 8 nitrogen and oxygen atoms in total. The Morgan fingerprint density at radius 1 is 0.904 bits per heavy atom. The Morgan fingerprint density at radius 2 is 1.54 bits per heavy atom. The van der Waals surface area contributed by atoms with Crippen molar-refractivity contribution >= 4 is 17.5 Å². The van der Waals surface area contributed by atoms with Crippen molar-refractivity contribution in [3.05, 3.63) is 53.1 Å². The van der Waals surface area contributed by atoms with Gasteiger partial charge in [0.1, 0.15) is 0 Å². The first-order chi connectivity index (χ1) is 25.3. The first-order valence-electron chi connectivity index (χ1n) is 20.7. The van der Waals surface area contributed by atoms with Crippen molar-refractivity contribution in [2.24, 2.45) is 17.3 Å². The molecule has 3 unspecified atom stereocenters. The maximum absolute atomic E-state index is 14.5. The van der Waals surface area contributed by atoms with Gasteiger partial charge in [-0.2, -0.15) is 0 Å². The standard InChI is InChI=1S/C44H66N4O4/c1-5-48(38-19-23-51-24-20-38)41-28-36(35-17-15-34(16-18-35)31-47-21-25-52-26-22-47)27-39(33(41)3)42(49)45-30-40-43(50)46-32(2)29-44(40,4)37-13-11-9-7-6-8-10-12-14-37/h15-18,27-28,32,37-38,40H,5-14,19-26,29-31H2,1-4H3,(H,45,49)(H,46,50). The normalized spacial score (nSPS) is 26.0. The summed E-state index contributed by atoms with van der Waals surface area (Å²) < 4.78 is 11.3. The van der Waals surface area contributed by atoms with Gasteiger partial charge in [-0.1, -0.05) is 76.1 Å². The Balaban J connectivity index is 1.27. The zero-order chi connectivity index (χ0) is 36.5. The van der Waals surface area contributed by atoms with E-state index in [0.29, 0.717) is 24.1 Å². The van der Waals surface area contributed by atoms with Gasteiger partial charge in [-0.25, -0.2) is 0 Å². The summed E-state index contributed by atoms with van der Waals surface area (Å²) in [7, 11) is 0. The van der Waals surface area contributed by atoms with Crippen molar-refractivity contribution in [2.75, 3.05) is 57.5 Å². The predicted molar refractivity (Wildman–Crippen MR) is 211 cm³/mol. The Kier molecular flexibility index (Phi) is 13.7. The molecule has 0 aromatic heterocycles. The number of hydrogen-bond acceptors (Lipinski definition) is 6. The fourth-order valence-electron chi connectivity index (χ4n) is 9.87. The van der Waals surface area contributed by atoms with Gasteiger partial charge in [-0.15, -0.1) is 0 Å². The maximum Gasteiger partial charge on any atom is 0.251 e. The van der Waals surface area contributed by atoms with Crippen LogP contribution in [0.5, 0.6) is 0 Å². The van der Waals surface area contributed by atoms with Crippen LogP contribution in [0.1, 0.15) is 119 Å². The van der Waals surface area contributed by atoms with E-state index in [2.05, 4.69) is 84.5 Å². The van der Waals surface area contributed by atoms with Crippen LogP contribution >= 0.6 is 0 Å². The average molecular weight is 715 g/mol. The largest absolute Gasteiger partial charge is 0.381 e. The zero-order valence-electron chi connectivity index (χ0n) is 32.7. The molecule has 52 heavy (non-hydrogen) atoms. The van der Waals surface area contributed by atoms with Gasteiger partial charge in [0.25, 0.3) is 5.91 Å². The van der Waals surface area contributed by atoms with Crippen molar-refractivity contribution in [3.63, 3.8) is 0 Å². The van der Waals surface area contributed by atoms with Gasteiger partial charge in [0.05, 0.1) is 19.1 Å². The van der Waals surface area contributed by atoms with Crippen LogP contribution in [0.4, 0.5) is 5.69 Å². The van der Waals surface area contributed by atoms with Crippen molar-refractivity contribution in [1.29, 1.82) is 0 Å². The molecular weight excluding hydrogens is 649 g/mol. The number of benzene rings is 2. The Labute approximate surface area is 313 Å². The van der Waals surface area contributed by atoms with E-state index < -0.39 is 0 Å². The highest BCUT2D eigenvalue weighted by atomic mass is 16.5. The monoisotopic (exact) mass is 715 g/mol. The van der Waals surface area contributed by atoms with Crippen LogP contribution in [-0.2, 0) is 20.8 Å². The third-order valence-corrected chi connectivity index (χ3v) is 13.0. The highest BCUT2D eigenvalue weighted by molar-refractivity contribution is 5.99. The summed E-state index contributed by atoms with van der Waals surface area (Å²) in [5, 5.41) is 6.60. The van der Waals surface area contributed by atoms with Crippen LogP contribution < -0.4 is 15.5 Å². The van der Waals surface area contributed by atoms with Crippen molar-refractivity contribution in [1.82, 2.24) is 15.5 Å². The molecule has 286 valence electrons. The van der Waals surface area contributed by atoms with Crippen molar-refractivity contribution in [2.45, 2.75) is 123 Å². The summed E-state index contributed by atoms with van der Waals surface area (Å²) in [5.41, 5.74) is 6.09. The van der Waals surface area contributed by atoms with E-state index in [0.717, 1.165) is 94.2 Å². The molecule has 2 aromatic rings. The summed E-state index contributed by atoms with van der Waals surface area (Å²) in [4.78, 5) is 33.2. The van der Waals surface area contributed by atoms with Crippen LogP contribution in [0, 0.1) is 24.2 Å². The van der Waals surface area contributed by atoms with Crippen LogP contribution in [0.25, 0.3) is 11.1 Å². The van der Waals surface area contributed by atoms with Gasteiger partial charge < -0.3 is 25.0 Å². The summed E-state index contributed by atoms with van der Waals surface area (Å²) in [6.07, 6.45) is 14.3. The SMILES string of the molecule is CCN(c1cc(-c2ccc(CN3CCOCC3)cc2)cc(C(=O)NCC2C(=O)NC(C)CC2(C)C2CCCCCCCCC2)c1C)C1CCOCC1. The third kappa shape index (κ3) is 9.40. The zero-order valence-corrected chi connectivity index (χ0v) is 32.7. The molecular formula is C44H66N4O4. The molecule has 1 aliphatic carbocycles. The summed E-state index contributed by atoms with van der Waals surface area (Å²) in [6.45, 7) is 16.0. The first kappa shape index (κ1) is 38.8. The molecule has 4 fully saturated rings. The maximum atomic E-state index is 14.5. The number of amides is 2. The number of piperidine rings is 1. The average Bonchev–Trinajstić information content (AvgIpc) is 3.15. The van der Waals surface area contributed by atoms with E-state index in [1.807, 2.05) is 0 Å². The summed E-state index contributed by atoms with van der Waals surface area (Å²) in [6, 6.07) is 13.7. The van der Waals surface area contributed by atoms with E-state index in [4.69, 9.17) is 9.47 Å². The molecule has 2 amide bonds. The van der Waals surface area contributed by atoms with Crippen molar-refractivity contribution in [3.8, 4) is 11.1 Å². The summed E-state index contributed by atoms with van der Waals surface area (Å²) >= 11 is 0. The van der Waals surface area contributed by atoms with Crippen molar-refractivity contribution < 1.29 is 19.1 Å². The minimum absolute atomic E-state index is 0.0905. The van der Waals surface area contributed by atoms with Gasteiger partial charge in [0, 0.05) is 69.3 Å². The van der Waals surface area contributed by atoms with Crippen LogP contribution in [0.15, 0.2) is 36.4 Å². The number of morpholine rings is 1. The predicted octanol–water partition coefficient (Wildman–Crippen LogP) is 7.90. The molecule has 3 saturated heterocycles. The van der Waals surface area contributed by atoms with Gasteiger partial charge in [-0.05, 0) is 98.6 Å². The molecule has 3 heterocycles. The Morgan fingerprint density at radius 3 is 2.19 bits per heavy atom. The molecule has 0 bridgehead atoms. The molecule has 8 heteroatoms. The Hall–Kier alpha value is -2.94. The van der Waals surface area contributed by atoms with Gasteiger partial charge in [0.15, 0.2) is 0 Å². The number of anilines is 1.